The Morgan fingerprint density at radius 3 is 2.67 bits per heavy atom. The van der Waals surface area contributed by atoms with Crippen LogP contribution in [0.4, 0.5) is 0 Å². The number of hydrogen-bond donors (Lipinski definition) is 1. The molecule has 6 heteroatoms. The van der Waals surface area contributed by atoms with Gasteiger partial charge in [-0.05, 0) is 24.6 Å². The van der Waals surface area contributed by atoms with Gasteiger partial charge in [0.2, 0.25) is 0 Å². The molecule has 0 saturated carbocycles. The lowest BCUT2D eigenvalue weighted by Gasteiger charge is -2.25. The maximum Gasteiger partial charge on any atom is 0.310 e. The lowest BCUT2D eigenvalue weighted by Crippen LogP contribution is -2.33. The first kappa shape index (κ1) is 18.5. The number of nitrogens with zero attached hydrogens (tertiary/aromatic N) is 1. The fourth-order valence-electron chi connectivity index (χ4n) is 2.83. The summed E-state index contributed by atoms with van der Waals surface area (Å²) in [5.41, 5.74) is 2.14. The average molecular weight is 367 g/mol. The highest BCUT2D eigenvalue weighted by Gasteiger charge is 2.19. The van der Waals surface area contributed by atoms with Crippen LogP contribution >= 0.6 is 0 Å². The van der Waals surface area contributed by atoms with Gasteiger partial charge in [0, 0.05) is 24.1 Å². The summed E-state index contributed by atoms with van der Waals surface area (Å²) in [6.45, 7) is 1.60. The Morgan fingerprint density at radius 1 is 1.19 bits per heavy atom. The Kier molecular flexibility index (Phi) is 5.45. The second-order valence-electron chi connectivity index (χ2n) is 6.37. The minimum absolute atomic E-state index is 0.0109. The van der Waals surface area contributed by atoms with Crippen molar-refractivity contribution in [3.63, 3.8) is 0 Å². The molecule has 3 aromatic rings. The van der Waals surface area contributed by atoms with E-state index in [0.717, 1.165) is 10.9 Å². The predicted molar refractivity (Wildman–Crippen MR) is 100 cm³/mol. The van der Waals surface area contributed by atoms with Gasteiger partial charge >= 0.3 is 5.97 Å². The number of rotatable bonds is 6. The van der Waals surface area contributed by atoms with E-state index in [1.165, 1.54) is 18.4 Å². The molecular formula is C21H21NO5. The normalized spacial score (nSPS) is 11.9. The number of hydrogen-bond acceptors (Lipinski definition) is 5. The average Bonchev–Trinajstić information content (AvgIpc) is 3.07. The van der Waals surface area contributed by atoms with E-state index in [1.807, 2.05) is 37.3 Å². The van der Waals surface area contributed by atoms with Crippen LogP contribution in [0.25, 0.3) is 11.0 Å². The van der Waals surface area contributed by atoms with E-state index in [1.54, 1.807) is 18.0 Å². The summed E-state index contributed by atoms with van der Waals surface area (Å²) in [5, 5.41) is 10.2. The Bertz CT molecular complexity index is 948. The number of fused-ring (bicyclic) bond motifs is 1. The molecule has 140 valence electrons. The van der Waals surface area contributed by atoms with Crippen LogP contribution in [0, 0.1) is 0 Å². The van der Waals surface area contributed by atoms with Crippen molar-refractivity contribution in [3.8, 4) is 5.75 Å². The summed E-state index contributed by atoms with van der Waals surface area (Å²) < 4.78 is 10.5. The molecule has 1 aromatic heterocycles. The van der Waals surface area contributed by atoms with Gasteiger partial charge in [-0.25, -0.2) is 0 Å². The van der Waals surface area contributed by atoms with Crippen LogP contribution in [0.15, 0.2) is 59.2 Å². The summed E-state index contributed by atoms with van der Waals surface area (Å²) in [4.78, 5) is 26.0. The number of carbonyl (C=O) groups is 2. The zero-order valence-electron chi connectivity index (χ0n) is 15.2. The maximum atomic E-state index is 12.3. The Balaban J connectivity index is 1.56. The van der Waals surface area contributed by atoms with Crippen LogP contribution < -0.4 is 0 Å². The summed E-state index contributed by atoms with van der Waals surface area (Å²) in [7, 11) is 1.68. The number of ether oxygens (including phenoxy) is 1. The van der Waals surface area contributed by atoms with Crippen LogP contribution in [0.5, 0.6) is 5.75 Å². The van der Waals surface area contributed by atoms with Crippen molar-refractivity contribution in [3.05, 3.63) is 65.9 Å². The fourth-order valence-corrected chi connectivity index (χ4v) is 2.83. The molecule has 0 bridgehead atoms. The maximum absolute atomic E-state index is 12.3. The number of esters is 1. The van der Waals surface area contributed by atoms with Crippen LogP contribution in [0.3, 0.4) is 0 Å². The number of amides is 1. The van der Waals surface area contributed by atoms with E-state index in [2.05, 4.69) is 0 Å². The smallest absolute Gasteiger partial charge is 0.310 e. The van der Waals surface area contributed by atoms with E-state index in [4.69, 9.17) is 9.15 Å². The highest BCUT2D eigenvalue weighted by molar-refractivity contribution is 5.87. The third-order valence-electron chi connectivity index (χ3n) is 4.59. The van der Waals surface area contributed by atoms with Gasteiger partial charge in [-0.1, -0.05) is 30.3 Å². The molecule has 0 radical (unpaired) electrons. The number of furan rings is 1. The SMILES string of the molecule is C[C@@H](c1ccccc1)N(C)C(=O)COC(=O)Cc1coc2cc(O)ccc12. The monoisotopic (exact) mass is 367 g/mol. The van der Waals surface area contributed by atoms with Gasteiger partial charge in [0.1, 0.15) is 11.3 Å². The number of phenolic OH excluding ortho intramolecular Hbond substituents is 1. The molecule has 6 nitrogen and oxygen atoms in total. The second kappa shape index (κ2) is 7.95. The molecule has 0 unspecified atom stereocenters. The standard InChI is InChI=1S/C21H21NO5/c1-14(15-6-4-3-5-7-15)22(2)20(24)13-27-21(25)10-16-12-26-19-11-17(23)8-9-18(16)19/h3-9,11-12,14,23H,10,13H2,1-2H3/t14-/m0/s1. The predicted octanol–water partition coefficient (Wildman–Crippen LogP) is 3.44. The molecule has 0 fully saturated rings. The Morgan fingerprint density at radius 2 is 1.93 bits per heavy atom. The van der Waals surface area contributed by atoms with Crippen molar-refractivity contribution in [2.24, 2.45) is 0 Å². The first-order valence-corrected chi connectivity index (χ1v) is 8.61. The first-order valence-electron chi connectivity index (χ1n) is 8.61. The van der Waals surface area contributed by atoms with Crippen molar-refractivity contribution < 1.29 is 23.8 Å². The summed E-state index contributed by atoms with van der Waals surface area (Å²) in [6.07, 6.45) is 1.44. The number of likely N-dealkylation sites (N-methyl/N-ethyl adjacent to an activating group) is 1. The second-order valence-corrected chi connectivity index (χ2v) is 6.37. The van der Waals surface area contributed by atoms with Crippen LogP contribution in [-0.2, 0) is 20.7 Å². The molecule has 0 spiro atoms. The molecule has 1 amide bonds. The van der Waals surface area contributed by atoms with Gasteiger partial charge in [-0.2, -0.15) is 0 Å². The minimum atomic E-state index is -0.514. The van der Waals surface area contributed by atoms with E-state index < -0.39 is 5.97 Å². The van der Waals surface area contributed by atoms with E-state index in [-0.39, 0.29) is 30.7 Å². The first-order chi connectivity index (χ1) is 13.0. The van der Waals surface area contributed by atoms with Gasteiger partial charge < -0.3 is 19.2 Å². The zero-order valence-corrected chi connectivity index (χ0v) is 15.2. The summed E-state index contributed by atoms with van der Waals surface area (Å²) >= 11 is 0. The topological polar surface area (TPSA) is 80.0 Å². The van der Waals surface area contributed by atoms with E-state index in [0.29, 0.717) is 11.1 Å². The highest BCUT2D eigenvalue weighted by Crippen LogP contribution is 2.25. The molecule has 0 saturated heterocycles. The van der Waals surface area contributed by atoms with Crippen LogP contribution in [0.1, 0.15) is 24.1 Å². The van der Waals surface area contributed by atoms with Crippen molar-refractivity contribution in [2.75, 3.05) is 13.7 Å². The molecule has 0 aliphatic carbocycles. The van der Waals surface area contributed by atoms with Crippen molar-refractivity contribution in [1.29, 1.82) is 0 Å². The van der Waals surface area contributed by atoms with Crippen molar-refractivity contribution in [2.45, 2.75) is 19.4 Å². The number of phenols is 1. The van der Waals surface area contributed by atoms with Gasteiger partial charge in [0.15, 0.2) is 6.61 Å². The summed E-state index contributed by atoms with van der Waals surface area (Å²) in [5.74, 6) is -0.700. The number of aromatic hydroxyl groups is 1. The lowest BCUT2D eigenvalue weighted by atomic mass is 10.1. The van der Waals surface area contributed by atoms with Gasteiger partial charge in [0.25, 0.3) is 5.91 Å². The van der Waals surface area contributed by atoms with Crippen molar-refractivity contribution >= 4 is 22.8 Å². The zero-order chi connectivity index (χ0) is 19.4. The molecular weight excluding hydrogens is 346 g/mol. The molecule has 2 aromatic carbocycles. The fraction of sp³-hybridized carbons (Fsp3) is 0.238. The van der Waals surface area contributed by atoms with Crippen molar-refractivity contribution in [1.82, 2.24) is 4.90 Å². The lowest BCUT2D eigenvalue weighted by molar-refractivity contribution is -0.151. The third-order valence-corrected chi connectivity index (χ3v) is 4.59. The molecule has 27 heavy (non-hydrogen) atoms. The Labute approximate surface area is 157 Å². The Hall–Kier alpha value is -3.28. The largest absolute Gasteiger partial charge is 0.508 e. The van der Waals surface area contributed by atoms with Gasteiger partial charge in [-0.3, -0.25) is 9.59 Å². The molecule has 0 aliphatic heterocycles. The van der Waals surface area contributed by atoms with Crippen LogP contribution in [-0.4, -0.2) is 35.5 Å². The highest BCUT2D eigenvalue weighted by atomic mass is 16.5. The quantitative estimate of drug-likeness (QED) is 0.675. The molecule has 1 heterocycles. The third kappa shape index (κ3) is 4.28. The number of carbonyl (C=O) groups excluding carboxylic acids is 2. The molecule has 0 aliphatic rings. The molecule has 1 atom stereocenters. The summed E-state index contributed by atoms with van der Waals surface area (Å²) in [6, 6.07) is 14.2. The minimum Gasteiger partial charge on any atom is -0.508 e. The van der Waals surface area contributed by atoms with E-state index in [9.17, 15) is 14.7 Å². The number of benzene rings is 2. The van der Waals surface area contributed by atoms with Gasteiger partial charge in [0.05, 0.1) is 18.7 Å². The van der Waals surface area contributed by atoms with Crippen LogP contribution in [0.2, 0.25) is 0 Å². The molecule has 3 rings (SSSR count). The molecule has 1 N–H and O–H groups in total. The van der Waals surface area contributed by atoms with E-state index >= 15 is 0 Å². The van der Waals surface area contributed by atoms with Gasteiger partial charge in [-0.15, -0.1) is 0 Å².